The molecule has 6 nitrogen and oxygen atoms in total. The van der Waals surface area contributed by atoms with Gasteiger partial charge in [-0.05, 0) is 95.1 Å². The Morgan fingerprint density at radius 2 is 0.806 bits per heavy atom. The molecule has 0 heterocycles. The standard InChI is InChI=1S/C30H28N6/c31-23-7-1-19(2-8-23)21-6-16-29(28(34)17-21)35-25-11-13-26(14-12-25)36-30-18-22(5-15-27(30)33)20-3-9-24(32)10-4-20/h1-18,35-36H,31-34H2. The van der Waals surface area contributed by atoms with Crippen LogP contribution in [-0.2, 0) is 0 Å². The van der Waals surface area contributed by atoms with Crippen LogP contribution in [0.4, 0.5) is 45.5 Å². The predicted molar refractivity (Wildman–Crippen MR) is 154 cm³/mol. The fourth-order valence-electron chi connectivity index (χ4n) is 4.00. The van der Waals surface area contributed by atoms with E-state index in [0.29, 0.717) is 11.4 Å². The van der Waals surface area contributed by atoms with Crippen molar-refractivity contribution in [2.45, 2.75) is 0 Å². The molecule has 0 aliphatic carbocycles. The Hall–Kier alpha value is -5.10. The molecule has 0 saturated heterocycles. The summed E-state index contributed by atoms with van der Waals surface area (Å²) in [5.41, 5.74) is 34.8. The van der Waals surface area contributed by atoms with E-state index in [4.69, 9.17) is 22.9 Å². The maximum Gasteiger partial charge on any atom is 0.0624 e. The fourth-order valence-corrected chi connectivity index (χ4v) is 4.00. The monoisotopic (exact) mass is 472 g/mol. The second-order valence-corrected chi connectivity index (χ2v) is 8.68. The quantitative estimate of drug-likeness (QED) is 0.150. The Labute approximate surface area is 210 Å². The van der Waals surface area contributed by atoms with Crippen LogP contribution in [0.15, 0.2) is 109 Å². The molecule has 0 unspecified atom stereocenters. The third-order valence-corrected chi connectivity index (χ3v) is 6.04. The lowest BCUT2D eigenvalue weighted by Gasteiger charge is -2.14. The second-order valence-electron chi connectivity index (χ2n) is 8.68. The molecule has 0 aliphatic heterocycles. The summed E-state index contributed by atoms with van der Waals surface area (Å²) in [6, 6.07) is 35.4. The Morgan fingerprint density at radius 1 is 0.361 bits per heavy atom. The molecule has 6 heteroatoms. The van der Waals surface area contributed by atoms with E-state index >= 15 is 0 Å². The summed E-state index contributed by atoms with van der Waals surface area (Å²) in [4.78, 5) is 0. The van der Waals surface area contributed by atoms with E-state index in [-0.39, 0.29) is 0 Å². The molecule has 0 fully saturated rings. The topological polar surface area (TPSA) is 128 Å². The first-order valence-corrected chi connectivity index (χ1v) is 11.6. The number of benzene rings is 5. The fraction of sp³-hybridized carbons (Fsp3) is 0. The number of rotatable bonds is 6. The minimum absolute atomic E-state index is 0.666. The average molecular weight is 473 g/mol. The largest absolute Gasteiger partial charge is 0.399 e. The lowest BCUT2D eigenvalue weighted by Crippen LogP contribution is -1.98. The lowest BCUT2D eigenvalue weighted by atomic mass is 10.0. The highest BCUT2D eigenvalue weighted by Gasteiger charge is 2.07. The van der Waals surface area contributed by atoms with Gasteiger partial charge in [0.25, 0.3) is 0 Å². The van der Waals surface area contributed by atoms with Gasteiger partial charge in [0.2, 0.25) is 0 Å². The molecular weight excluding hydrogens is 444 g/mol. The first-order chi connectivity index (χ1) is 17.4. The highest BCUT2D eigenvalue weighted by Crippen LogP contribution is 2.32. The van der Waals surface area contributed by atoms with Gasteiger partial charge in [0, 0.05) is 22.7 Å². The molecule has 0 bridgehead atoms. The highest BCUT2D eigenvalue weighted by molar-refractivity contribution is 5.82. The van der Waals surface area contributed by atoms with E-state index in [1.54, 1.807) is 0 Å². The van der Waals surface area contributed by atoms with Gasteiger partial charge >= 0.3 is 0 Å². The molecule has 0 radical (unpaired) electrons. The Bertz CT molecular complexity index is 1490. The number of nitrogens with one attached hydrogen (secondary N) is 2. The summed E-state index contributed by atoms with van der Waals surface area (Å²) in [5, 5.41) is 6.80. The molecule has 0 spiro atoms. The van der Waals surface area contributed by atoms with Crippen molar-refractivity contribution < 1.29 is 0 Å². The van der Waals surface area contributed by atoms with Crippen molar-refractivity contribution >= 4 is 45.5 Å². The van der Waals surface area contributed by atoms with Gasteiger partial charge in [-0.25, -0.2) is 0 Å². The molecule has 36 heavy (non-hydrogen) atoms. The van der Waals surface area contributed by atoms with Gasteiger partial charge in [-0.15, -0.1) is 0 Å². The summed E-state index contributed by atoms with van der Waals surface area (Å²) >= 11 is 0. The van der Waals surface area contributed by atoms with E-state index in [1.165, 1.54) is 0 Å². The van der Waals surface area contributed by atoms with Crippen molar-refractivity contribution in [3.05, 3.63) is 109 Å². The van der Waals surface area contributed by atoms with E-state index in [2.05, 4.69) is 10.6 Å². The first kappa shape index (κ1) is 22.7. The van der Waals surface area contributed by atoms with Crippen LogP contribution in [0.2, 0.25) is 0 Å². The molecule has 0 atom stereocenters. The molecule has 0 amide bonds. The van der Waals surface area contributed by atoms with E-state index in [9.17, 15) is 0 Å². The zero-order valence-electron chi connectivity index (χ0n) is 19.7. The second kappa shape index (κ2) is 9.64. The van der Waals surface area contributed by atoms with Gasteiger partial charge in [0.1, 0.15) is 0 Å². The smallest absolute Gasteiger partial charge is 0.0624 e. The van der Waals surface area contributed by atoms with Crippen LogP contribution in [0.3, 0.4) is 0 Å². The lowest BCUT2D eigenvalue weighted by molar-refractivity contribution is 1.51. The molecule has 0 aromatic heterocycles. The Balaban J connectivity index is 1.29. The molecule has 0 aliphatic rings. The average Bonchev–Trinajstić information content (AvgIpc) is 2.89. The zero-order chi connectivity index (χ0) is 25.1. The summed E-state index contributed by atoms with van der Waals surface area (Å²) in [6.45, 7) is 0. The van der Waals surface area contributed by atoms with Crippen molar-refractivity contribution in [2.24, 2.45) is 0 Å². The van der Waals surface area contributed by atoms with Crippen molar-refractivity contribution in [3.63, 3.8) is 0 Å². The van der Waals surface area contributed by atoms with E-state index in [0.717, 1.165) is 56.4 Å². The van der Waals surface area contributed by atoms with E-state index in [1.807, 2.05) is 109 Å². The highest BCUT2D eigenvalue weighted by atomic mass is 14.9. The molecule has 10 N–H and O–H groups in total. The number of hydrogen-bond donors (Lipinski definition) is 6. The van der Waals surface area contributed by atoms with E-state index < -0.39 is 0 Å². The minimum Gasteiger partial charge on any atom is -0.399 e. The minimum atomic E-state index is 0.666. The Morgan fingerprint density at radius 3 is 1.33 bits per heavy atom. The maximum atomic E-state index is 6.34. The van der Waals surface area contributed by atoms with Gasteiger partial charge in [0.05, 0.1) is 22.7 Å². The number of nitrogens with two attached hydrogens (primary N) is 4. The van der Waals surface area contributed by atoms with Gasteiger partial charge in [-0.3, -0.25) is 0 Å². The molecule has 178 valence electrons. The first-order valence-electron chi connectivity index (χ1n) is 11.6. The van der Waals surface area contributed by atoms with Crippen LogP contribution in [0.25, 0.3) is 22.3 Å². The van der Waals surface area contributed by atoms with Crippen molar-refractivity contribution in [1.29, 1.82) is 0 Å². The van der Waals surface area contributed by atoms with Crippen LogP contribution < -0.4 is 33.6 Å². The molecular formula is C30H28N6. The van der Waals surface area contributed by atoms with Crippen LogP contribution in [0, 0.1) is 0 Å². The SMILES string of the molecule is Nc1ccc(-c2ccc(Nc3ccc(Nc4cc(-c5ccc(N)cc5)ccc4N)cc3)c(N)c2)cc1. The summed E-state index contributed by atoms with van der Waals surface area (Å²) in [6.07, 6.45) is 0. The maximum absolute atomic E-state index is 6.34. The molecule has 5 aromatic carbocycles. The number of anilines is 8. The van der Waals surface area contributed by atoms with Crippen molar-refractivity contribution in [1.82, 2.24) is 0 Å². The molecule has 0 saturated carbocycles. The normalized spacial score (nSPS) is 10.7. The Kier molecular flexibility index (Phi) is 6.07. The summed E-state index contributed by atoms with van der Waals surface area (Å²) < 4.78 is 0. The van der Waals surface area contributed by atoms with Crippen molar-refractivity contribution in [2.75, 3.05) is 33.6 Å². The van der Waals surface area contributed by atoms with Crippen LogP contribution >= 0.6 is 0 Å². The predicted octanol–water partition coefficient (Wildman–Crippen LogP) is 6.84. The van der Waals surface area contributed by atoms with Crippen LogP contribution in [-0.4, -0.2) is 0 Å². The third-order valence-electron chi connectivity index (χ3n) is 6.04. The number of hydrogen-bond acceptors (Lipinski definition) is 6. The summed E-state index contributed by atoms with van der Waals surface area (Å²) in [5.74, 6) is 0. The van der Waals surface area contributed by atoms with Gasteiger partial charge in [-0.1, -0.05) is 36.4 Å². The van der Waals surface area contributed by atoms with Crippen molar-refractivity contribution in [3.8, 4) is 22.3 Å². The van der Waals surface area contributed by atoms with Gasteiger partial charge in [-0.2, -0.15) is 0 Å². The molecule has 5 aromatic rings. The zero-order valence-corrected chi connectivity index (χ0v) is 19.7. The summed E-state index contributed by atoms with van der Waals surface area (Å²) in [7, 11) is 0. The number of nitrogen functional groups attached to an aromatic ring is 4. The molecule has 5 rings (SSSR count). The van der Waals surface area contributed by atoms with Gasteiger partial charge < -0.3 is 33.6 Å². The van der Waals surface area contributed by atoms with Crippen LogP contribution in [0.1, 0.15) is 0 Å². The van der Waals surface area contributed by atoms with Gasteiger partial charge in [0.15, 0.2) is 0 Å². The third kappa shape index (κ3) is 5.03. The van der Waals surface area contributed by atoms with Crippen LogP contribution in [0.5, 0.6) is 0 Å².